The predicted octanol–water partition coefficient (Wildman–Crippen LogP) is 5.64. The van der Waals surface area contributed by atoms with Crippen molar-refractivity contribution in [1.82, 2.24) is 14.4 Å². The molecule has 37 heavy (non-hydrogen) atoms. The highest BCUT2D eigenvalue weighted by Crippen LogP contribution is 2.25. The highest BCUT2D eigenvalue weighted by atomic mass is 35.5. The maximum Gasteiger partial charge on any atom is 0.254 e. The van der Waals surface area contributed by atoms with E-state index in [0.29, 0.717) is 30.3 Å². The van der Waals surface area contributed by atoms with Gasteiger partial charge in [-0.2, -0.15) is 0 Å². The highest BCUT2D eigenvalue weighted by molar-refractivity contribution is 6.30. The number of methoxy groups -OCH3 is 1. The molecule has 196 valence electrons. The molecule has 0 unspecified atom stereocenters. The number of amides is 2. The van der Waals surface area contributed by atoms with Crippen molar-refractivity contribution in [3.05, 3.63) is 94.8 Å². The molecule has 1 aliphatic carbocycles. The van der Waals surface area contributed by atoms with Crippen LogP contribution in [0.4, 0.5) is 0 Å². The van der Waals surface area contributed by atoms with E-state index in [9.17, 15) is 9.59 Å². The average molecular weight is 522 g/mol. The van der Waals surface area contributed by atoms with E-state index in [1.54, 1.807) is 36.3 Å². The molecule has 0 bridgehead atoms. The molecular formula is C30H36ClN3O3. The topological polar surface area (TPSA) is 54.8 Å². The van der Waals surface area contributed by atoms with Gasteiger partial charge in [0.05, 0.1) is 13.2 Å². The first-order valence-electron chi connectivity index (χ1n) is 13.1. The Morgan fingerprint density at radius 2 is 1.70 bits per heavy atom. The lowest BCUT2D eigenvalue weighted by molar-refractivity contribution is -0.135. The Morgan fingerprint density at radius 3 is 2.41 bits per heavy atom. The van der Waals surface area contributed by atoms with Crippen LogP contribution in [-0.2, 0) is 22.6 Å². The van der Waals surface area contributed by atoms with E-state index >= 15 is 0 Å². The Bertz CT molecular complexity index is 1140. The smallest absolute Gasteiger partial charge is 0.254 e. The Labute approximate surface area is 224 Å². The third-order valence-electron chi connectivity index (χ3n) is 7.06. The van der Waals surface area contributed by atoms with Crippen molar-refractivity contribution in [3.63, 3.8) is 0 Å². The van der Waals surface area contributed by atoms with Gasteiger partial charge in [-0.3, -0.25) is 9.59 Å². The van der Waals surface area contributed by atoms with Crippen LogP contribution in [0.15, 0.2) is 72.9 Å². The average Bonchev–Trinajstić information content (AvgIpc) is 3.37. The number of nitrogens with zero attached hydrogens (tertiary/aromatic N) is 3. The first kappa shape index (κ1) is 27.0. The number of ether oxygens (including phenoxy) is 1. The number of carbonyl (C=O) groups is 2. The van der Waals surface area contributed by atoms with Crippen LogP contribution in [0.25, 0.3) is 0 Å². The van der Waals surface area contributed by atoms with Crippen molar-refractivity contribution in [2.75, 3.05) is 26.8 Å². The summed E-state index contributed by atoms with van der Waals surface area (Å²) >= 11 is 6.02. The normalized spacial score (nSPS) is 13.9. The molecule has 1 saturated carbocycles. The predicted molar refractivity (Wildman–Crippen MR) is 147 cm³/mol. The molecule has 3 aromatic rings. The van der Waals surface area contributed by atoms with Gasteiger partial charge in [0.2, 0.25) is 5.91 Å². The fraction of sp³-hybridized carbons (Fsp3) is 0.400. The number of benzene rings is 2. The number of carbonyl (C=O) groups excluding carboxylic acids is 2. The molecule has 7 heteroatoms. The van der Waals surface area contributed by atoms with E-state index in [4.69, 9.17) is 16.3 Å². The maximum atomic E-state index is 13.9. The number of hydrogen-bond acceptors (Lipinski definition) is 3. The van der Waals surface area contributed by atoms with E-state index in [1.807, 2.05) is 29.2 Å². The molecule has 1 fully saturated rings. The van der Waals surface area contributed by atoms with Crippen LogP contribution in [0.1, 0.15) is 53.7 Å². The quantitative estimate of drug-likeness (QED) is 0.328. The minimum Gasteiger partial charge on any atom is -0.383 e. The summed E-state index contributed by atoms with van der Waals surface area (Å²) in [6, 6.07) is 21.4. The third kappa shape index (κ3) is 7.46. The molecule has 4 rings (SSSR count). The van der Waals surface area contributed by atoms with Gasteiger partial charge in [0.25, 0.3) is 5.91 Å². The number of aromatic nitrogens is 1. The SMILES string of the molecule is COCCN(CC(=O)N(Cc1cccn1Cc1ccccc1)C1CCCCC1)C(=O)c1ccc(Cl)cc1. The van der Waals surface area contributed by atoms with Crippen molar-refractivity contribution < 1.29 is 14.3 Å². The Kier molecular flexibility index (Phi) is 9.80. The summed E-state index contributed by atoms with van der Waals surface area (Å²) in [5.41, 5.74) is 2.82. The molecule has 2 amide bonds. The van der Waals surface area contributed by atoms with Crippen LogP contribution in [0, 0.1) is 0 Å². The monoisotopic (exact) mass is 521 g/mol. The summed E-state index contributed by atoms with van der Waals surface area (Å²) in [6.45, 7) is 1.99. The Morgan fingerprint density at radius 1 is 0.973 bits per heavy atom. The lowest BCUT2D eigenvalue weighted by Crippen LogP contribution is -2.48. The molecule has 0 saturated heterocycles. The van der Waals surface area contributed by atoms with E-state index in [1.165, 1.54) is 12.0 Å². The van der Waals surface area contributed by atoms with Gasteiger partial charge in [0.15, 0.2) is 0 Å². The van der Waals surface area contributed by atoms with Crippen molar-refractivity contribution in [2.45, 2.75) is 51.2 Å². The zero-order valence-electron chi connectivity index (χ0n) is 21.5. The highest BCUT2D eigenvalue weighted by Gasteiger charge is 2.29. The minimum absolute atomic E-state index is 0.0146. The molecule has 6 nitrogen and oxygen atoms in total. The van der Waals surface area contributed by atoms with Gasteiger partial charge in [-0.15, -0.1) is 0 Å². The van der Waals surface area contributed by atoms with E-state index in [0.717, 1.165) is 37.9 Å². The summed E-state index contributed by atoms with van der Waals surface area (Å²) in [5, 5.41) is 0.568. The summed E-state index contributed by atoms with van der Waals surface area (Å²) < 4.78 is 7.46. The Balaban J connectivity index is 1.54. The van der Waals surface area contributed by atoms with Crippen LogP contribution in [0.2, 0.25) is 5.02 Å². The van der Waals surface area contributed by atoms with Gasteiger partial charge in [-0.05, 0) is 54.8 Å². The van der Waals surface area contributed by atoms with Crippen LogP contribution in [-0.4, -0.2) is 59.0 Å². The van der Waals surface area contributed by atoms with Crippen LogP contribution in [0.3, 0.4) is 0 Å². The van der Waals surface area contributed by atoms with Gasteiger partial charge < -0.3 is 19.1 Å². The van der Waals surface area contributed by atoms with Gasteiger partial charge in [0.1, 0.15) is 6.54 Å². The molecule has 1 aromatic heterocycles. The summed E-state index contributed by atoms with van der Waals surface area (Å²) in [6.07, 6.45) is 7.51. The van der Waals surface area contributed by atoms with Crippen LogP contribution in [0.5, 0.6) is 0 Å². The lowest BCUT2D eigenvalue weighted by atomic mass is 9.94. The van der Waals surface area contributed by atoms with Gasteiger partial charge in [0, 0.05) is 48.7 Å². The van der Waals surface area contributed by atoms with Crippen molar-refractivity contribution >= 4 is 23.4 Å². The zero-order valence-corrected chi connectivity index (χ0v) is 22.3. The number of halogens is 1. The van der Waals surface area contributed by atoms with E-state index in [2.05, 4.69) is 29.0 Å². The molecular weight excluding hydrogens is 486 g/mol. The fourth-order valence-electron chi connectivity index (χ4n) is 5.00. The summed E-state index contributed by atoms with van der Waals surface area (Å²) in [5.74, 6) is -0.226. The van der Waals surface area contributed by atoms with Gasteiger partial charge in [-0.1, -0.05) is 61.2 Å². The molecule has 0 spiro atoms. The van der Waals surface area contributed by atoms with Crippen molar-refractivity contribution in [3.8, 4) is 0 Å². The first-order chi connectivity index (χ1) is 18.0. The van der Waals surface area contributed by atoms with Gasteiger partial charge >= 0.3 is 0 Å². The second-order valence-electron chi connectivity index (χ2n) is 9.65. The summed E-state index contributed by atoms with van der Waals surface area (Å²) in [4.78, 5) is 30.8. The zero-order chi connectivity index (χ0) is 26.0. The molecule has 0 N–H and O–H groups in total. The number of hydrogen-bond donors (Lipinski definition) is 0. The lowest BCUT2D eigenvalue weighted by Gasteiger charge is -2.36. The largest absolute Gasteiger partial charge is 0.383 e. The fourth-order valence-corrected chi connectivity index (χ4v) is 5.12. The van der Waals surface area contributed by atoms with Crippen molar-refractivity contribution in [1.29, 1.82) is 0 Å². The standard InChI is InChI=1S/C30H36ClN3O3/c1-37-20-19-33(30(36)25-14-16-26(31)17-15-25)23-29(35)34(27-11-6-3-7-12-27)22-28-13-8-18-32(28)21-24-9-4-2-5-10-24/h2,4-5,8-10,13-18,27H,3,6-7,11-12,19-23H2,1H3. The second-order valence-corrected chi connectivity index (χ2v) is 10.1. The third-order valence-corrected chi connectivity index (χ3v) is 7.31. The van der Waals surface area contributed by atoms with E-state index in [-0.39, 0.29) is 24.4 Å². The van der Waals surface area contributed by atoms with E-state index < -0.39 is 0 Å². The molecule has 2 aromatic carbocycles. The molecule has 1 aliphatic rings. The van der Waals surface area contributed by atoms with Crippen molar-refractivity contribution in [2.24, 2.45) is 0 Å². The first-order valence-corrected chi connectivity index (χ1v) is 13.4. The minimum atomic E-state index is -0.196. The molecule has 0 aliphatic heterocycles. The van der Waals surface area contributed by atoms with Gasteiger partial charge in [-0.25, -0.2) is 0 Å². The maximum absolute atomic E-state index is 13.9. The number of rotatable bonds is 11. The van der Waals surface area contributed by atoms with Crippen LogP contribution < -0.4 is 0 Å². The Hall–Kier alpha value is -3.09. The molecule has 0 atom stereocenters. The summed E-state index contributed by atoms with van der Waals surface area (Å²) in [7, 11) is 1.60. The molecule has 0 radical (unpaired) electrons. The second kappa shape index (κ2) is 13.5. The van der Waals surface area contributed by atoms with Crippen LogP contribution >= 0.6 is 11.6 Å². The molecule has 1 heterocycles.